The number of nitro benzene ring substituents is 1. The van der Waals surface area contributed by atoms with Gasteiger partial charge < -0.3 is 10.0 Å². The highest BCUT2D eigenvalue weighted by molar-refractivity contribution is 5.70. The van der Waals surface area contributed by atoms with Gasteiger partial charge >= 0.3 is 5.97 Å². The van der Waals surface area contributed by atoms with Crippen LogP contribution in [0, 0.1) is 21.8 Å². The highest BCUT2D eigenvalue weighted by Gasteiger charge is 2.17. The maximum Gasteiger partial charge on any atom is 0.308 e. The van der Waals surface area contributed by atoms with Crippen molar-refractivity contribution in [2.75, 3.05) is 18.5 Å². The Morgan fingerprint density at radius 1 is 1.56 bits per heavy atom. The molecule has 0 heterocycles. The van der Waals surface area contributed by atoms with Crippen molar-refractivity contribution in [3.8, 4) is 0 Å². The summed E-state index contributed by atoms with van der Waals surface area (Å²) in [6, 6.07) is 3.15. The van der Waals surface area contributed by atoms with E-state index in [-0.39, 0.29) is 17.9 Å². The van der Waals surface area contributed by atoms with Crippen molar-refractivity contribution in [2.45, 2.75) is 6.92 Å². The molecule has 1 atom stereocenters. The number of rotatable bonds is 5. The van der Waals surface area contributed by atoms with Gasteiger partial charge in [-0.2, -0.15) is 0 Å². The summed E-state index contributed by atoms with van der Waals surface area (Å²) in [7, 11) is 1.55. The molecule has 0 saturated heterocycles. The number of hydrogen-bond acceptors (Lipinski definition) is 4. The second-order valence-corrected chi connectivity index (χ2v) is 4.04. The molecule has 0 saturated carbocycles. The fourth-order valence-electron chi connectivity index (χ4n) is 1.48. The van der Waals surface area contributed by atoms with Crippen LogP contribution in [-0.4, -0.2) is 29.6 Å². The molecule has 18 heavy (non-hydrogen) atoms. The highest BCUT2D eigenvalue weighted by Crippen LogP contribution is 2.23. The first kappa shape index (κ1) is 13.9. The first-order valence-electron chi connectivity index (χ1n) is 5.20. The minimum absolute atomic E-state index is 0.135. The lowest BCUT2D eigenvalue weighted by atomic mass is 10.1. The minimum atomic E-state index is -0.979. The first-order valence-corrected chi connectivity index (χ1v) is 5.20. The third kappa shape index (κ3) is 3.41. The van der Waals surface area contributed by atoms with E-state index >= 15 is 0 Å². The van der Waals surface area contributed by atoms with E-state index in [1.165, 1.54) is 17.9 Å². The van der Waals surface area contributed by atoms with Crippen LogP contribution in [0.25, 0.3) is 0 Å². The molecule has 1 aromatic rings. The molecule has 1 N–H and O–H groups in total. The van der Waals surface area contributed by atoms with E-state index in [1.54, 1.807) is 7.05 Å². The summed E-state index contributed by atoms with van der Waals surface area (Å²) >= 11 is 0. The molecule has 6 nitrogen and oxygen atoms in total. The van der Waals surface area contributed by atoms with Crippen molar-refractivity contribution in [1.29, 1.82) is 0 Å². The van der Waals surface area contributed by atoms with Gasteiger partial charge in [0.2, 0.25) is 0 Å². The summed E-state index contributed by atoms with van der Waals surface area (Å²) in [5.74, 6) is -2.36. The van der Waals surface area contributed by atoms with Crippen LogP contribution in [0.5, 0.6) is 0 Å². The lowest BCUT2D eigenvalue weighted by Crippen LogP contribution is -2.28. The number of carboxylic acids is 1. The molecule has 0 aliphatic carbocycles. The number of anilines is 1. The molecule has 0 aliphatic heterocycles. The van der Waals surface area contributed by atoms with Gasteiger partial charge in [-0.25, -0.2) is 4.39 Å². The van der Waals surface area contributed by atoms with E-state index in [2.05, 4.69) is 0 Å². The Morgan fingerprint density at radius 3 is 2.67 bits per heavy atom. The fraction of sp³-hybridized carbons (Fsp3) is 0.364. The number of aliphatic carboxylic acids is 1. The number of non-ortho nitro benzene ring substituents is 1. The zero-order valence-corrected chi connectivity index (χ0v) is 9.96. The third-order valence-corrected chi connectivity index (χ3v) is 2.49. The Kier molecular flexibility index (Phi) is 4.19. The van der Waals surface area contributed by atoms with Gasteiger partial charge in [0.1, 0.15) is 5.82 Å². The summed E-state index contributed by atoms with van der Waals surface area (Å²) in [6.07, 6.45) is 0. The van der Waals surface area contributed by atoms with Crippen LogP contribution in [0.4, 0.5) is 15.8 Å². The molecule has 0 amide bonds. The van der Waals surface area contributed by atoms with Crippen molar-refractivity contribution in [3.05, 3.63) is 34.1 Å². The van der Waals surface area contributed by atoms with E-state index in [0.29, 0.717) is 0 Å². The molecule has 7 heteroatoms. The third-order valence-electron chi connectivity index (χ3n) is 2.49. The summed E-state index contributed by atoms with van der Waals surface area (Å²) in [4.78, 5) is 22.1. The molecule has 1 aromatic carbocycles. The monoisotopic (exact) mass is 256 g/mol. The molecule has 0 bridgehead atoms. The molecular formula is C11H13FN2O4. The number of benzene rings is 1. The van der Waals surface area contributed by atoms with Gasteiger partial charge in [0.15, 0.2) is 0 Å². The zero-order valence-electron chi connectivity index (χ0n) is 9.96. The Balaban J connectivity index is 2.95. The van der Waals surface area contributed by atoms with Crippen LogP contribution >= 0.6 is 0 Å². The van der Waals surface area contributed by atoms with Gasteiger partial charge in [0.25, 0.3) is 5.69 Å². The smallest absolute Gasteiger partial charge is 0.308 e. The average Bonchev–Trinajstić information content (AvgIpc) is 2.27. The van der Waals surface area contributed by atoms with Crippen molar-refractivity contribution in [3.63, 3.8) is 0 Å². The second-order valence-electron chi connectivity index (χ2n) is 4.04. The highest BCUT2D eigenvalue weighted by atomic mass is 19.1. The Bertz CT molecular complexity index is 478. The summed E-state index contributed by atoms with van der Waals surface area (Å²) < 4.78 is 13.2. The minimum Gasteiger partial charge on any atom is -0.481 e. The fourth-order valence-corrected chi connectivity index (χ4v) is 1.48. The molecular weight excluding hydrogens is 243 g/mol. The molecule has 98 valence electrons. The van der Waals surface area contributed by atoms with E-state index in [4.69, 9.17) is 5.11 Å². The largest absolute Gasteiger partial charge is 0.481 e. The van der Waals surface area contributed by atoms with Crippen LogP contribution in [0.3, 0.4) is 0 Å². The number of carbonyl (C=O) groups is 1. The maximum atomic E-state index is 13.2. The van der Waals surface area contributed by atoms with Gasteiger partial charge in [-0.1, -0.05) is 6.92 Å². The van der Waals surface area contributed by atoms with Crippen LogP contribution < -0.4 is 4.90 Å². The van der Waals surface area contributed by atoms with Gasteiger partial charge in [-0.05, 0) is 6.07 Å². The lowest BCUT2D eigenvalue weighted by molar-refractivity contribution is -0.385. The van der Waals surface area contributed by atoms with Crippen molar-refractivity contribution in [1.82, 2.24) is 0 Å². The van der Waals surface area contributed by atoms with Gasteiger partial charge in [0.05, 0.1) is 16.9 Å². The Morgan fingerprint density at radius 2 is 2.17 bits per heavy atom. The number of hydrogen-bond donors (Lipinski definition) is 1. The van der Waals surface area contributed by atoms with Crippen molar-refractivity contribution < 1.29 is 19.2 Å². The Labute approximate surface area is 103 Å². The van der Waals surface area contributed by atoms with Gasteiger partial charge in [-0.3, -0.25) is 14.9 Å². The lowest BCUT2D eigenvalue weighted by Gasteiger charge is -2.21. The predicted octanol–water partition coefficient (Wildman–Crippen LogP) is 1.89. The molecule has 0 spiro atoms. The van der Waals surface area contributed by atoms with E-state index in [1.807, 2.05) is 0 Å². The normalized spacial score (nSPS) is 11.9. The van der Waals surface area contributed by atoms with Gasteiger partial charge in [-0.15, -0.1) is 0 Å². The van der Waals surface area contributed by atoms with Crippen molar-refractivity contribution in [2.24, 2.45) is 5.92 Å². The topological polar surface area (TPSA) is 83.7 Å². The standard InChI is InChI=1S/C11H13FN2O4/c1-7(11(15)16)6-13(2)9-3-8(12)4-10(5-9)14(17)18/h3-5,7H,6H2,1-2H3,(H,15,16). The predicted molar refractivity (Wildman–Crippen MR) is 63.1 cm³/mol. The molecule has 0 fully saturated rings. The van der Waals surface area contributed by atoms with E-state index in [0.717, 1.165) is 12.1 Å². The SMILES string of the molecule is CC(CN(C)c1cc(F)cc([N+](=O)[O-])c1)C(=O)O. The molecule has 1 rings (SSSR count). The summed E-state index contributed by atoms with van der Waals surface area (Å²) in [5, 5.41) is 19.4. The van der Waals surface area contributed by atoms with E-state index < -0.39 is 22.6 Å². The van der Waals surface area contributed by atoms with E-state index in [9.17, 15) is 19.3 Å². The quantitative estimate of drug-likeness (QED) is 0.642. The zero-order chi connectivity index (χ0) is 13.9. The summed E-state index contributed by atoms with van der Waals surface area (Å²) in [6.45, 7) is 1.64. The average molecular weight is 256 g/mol. The number of nitro groups is 1. The maximum absolute atomic E-state index is 13.2. The number of halogens is 1. The van der Waals surface area contributed by atoms with Crippen LogP contribution in [-0.2, 0) is 4.79 Å². The Hall–Kier alpha value is -2.18. The molecule has 0 radical (unpaired) electrons. The molecule has 0 aromatic heterocycles. The second kappa shape index (κ2) is 5.44. The van der Waals surface area contributed by atoms with Crippen molar-refractivity contribution >= 4 is 17.3 Å². The molecule has 0 aliphatic rings. The first-order chi connectivity index (χ1) is 8.31. The number of nitrogens with zero attached hydrogens (tertiary/aromatic N) is 2. The van der Waals surface area contributed by atoms with Gasteiger partial charge in [0, 0.05) is 25.3 Å². The molecule has 1 unspecified atom stereocenters. The van der Waals surface area contributed by atoms with Crippen LogP contribution in [0.1, 0.15) is 6.92 Å². The summed E-state index contributed by atoms with van der Waals surface area (Å²) in [5.41, 5.74) is -0.0883. The number of carboxylic acid groups (broad SMARTS) is 1. The van der Waals surface area contributed by atoms with Crippen LogP contribution in [0.15, 0.2) is 18.2 Å². The van der Waals surface area contributed by atoms with Crippen LogP contribution in [0.2, 0.25) is 0 Å².